The zero-order valence-electron chi connectivity index (χ0n) is 7.73. The van der Waals surface area contributed by atoms with Crippen LogP contribution >= 0.6 is 11.6 Å². The van der Waals surface area contributed by atoms with Crippen molar-refractivity contribution in [2.75, 3.05) is 18.7 Å². The summed E-state index contributed by atoms with van der Waals surface area (Å²) in [6.07, 6.45) is 0. The van der Waals surface area contributed by atoms with Gasteiger partial charge in [0.1, 0.15) is 5.75 Å². The van der Waals surface area contributed by atoms with E-state index in [1.165, 1.54) is 19.2 Å². The average Bonchev–Trinajstić information content (AvgIpc) is 2.18. The van der Waals surface area contributed by atoms with E-state index in [1.54, 1.807) is 12.1 Å². The molecule has 1 aromatic rings. The van der Waals surface area contributed by atoms with Crippen LogP contribution in [0.2, 0.25) is 0 Å². The molecule has 0 saturated heterocycles. The lowest BCUT2D eigenvalue weighted by molar-refractivity contribution is 0.413. The lowest BCUT2D eigenvalue weighted by Gasteiger charge is -2.04. The van der Waals surface area contributed by atoms with Crippen molar-refractivity contribution in [2.45, 2.75) is 4.90 Å². The van der Waals surface area contributed by atoms with Gasteiger partial charge < -0.3 is 4.74 Å². The number of hydrogen-bond donors (Lipinski definition) is 0. The van der Waals surface area contributed by atoms with Crippen molar-refractivity contribution < 1.29 is 13.2 Å². The van der Waals surface area contributed by atoms with E-state index in [1.807, 2.05) is 0 Å². The van der Waals surface area contributed by atoms with Crippen LogP contribution in [-0.2, 0) is 9.84 Å². The van der Waals surface area contributed by atoms with Crippen LogP contribution in [0.5, 0.6) is 5.75 Å². The Morgan fingerprint density at radius 1 is 1.43 bits per heavy atom. The lowest BCUT2D eigenvalue weighted by atomic mass is 10.3. The average molecular weight is 235 g/mol. The molecule has 0 aliphatic rings. The maximum Gasteiger partial charge on any atom is 0.179 e. The Balaban J connectivity index is 3.07. The Labute approximate surface area is 88.6 Å². The molecule has 0 unspecified atom stereocenters. The van der Waals surface area contributed by atoms with E-state index in [2.05, 4.69) is 0 Å². The Kier molecular flexibility index (Phi) is 3.77. The molecule has 0 spiro atoms. The van der Waals surface area contributed by atoms with Gasteiger partial charge in [0.2, 0.25) is 0 Å². The number of halogens is 1. The third kappa shape index (κ3) is 2.62. The first kappa shape index (κ1) is 11.3. The van der Waals surface area contributed by atoms with Crippen LogP contribution in [-0.4, -0.2) is 27.2 Å². The van der Waals surface area contributed by atoms with Crippen molar-refractivity contribution >= 4 is 21.4 Å². The highest BCUT2D eigenvalue weighted by Gasteiger charge is 2.13. The monoisotopic (exact) mass is 234 g/mol. The zero-order valence-corrected chi connectivity index (χ0v) is 9.31. The van der Waals surface area contributed by atoms with Crippen LogP contribution < -0.4 is 4.74 Å². The maximum atomic E-state index is 11.6. The molecule has 0 saturated carbocycles. The Morgan fingerprint density at radius 3 is 2.71 bits per heavy atom. The fourth-order valence-electron chi connectivity index (χ4n) is 1.01. The van der Waals surface area contributed by atoms with Crippen LogP contribution in [0.3, 0.4) is 0 Å². The minimum absolute atomic E-state index is 0.0538. The highest BCUT2D eigenvalue weighted by atomic mass is 35.5. The van der Waals surface area contributed by atoms with E-state index >= 15 is 0 Å². The fourth-order valence-corrected chi connectivity index (χ4v) is 2.64. The smallest absolute Gasteiger partial charge is 0.179 e. The predicted octanol–water partition coefficient (Wildman–Crippen LogP) is 1.71. The molecule has 0 aromatic heterocycles. The van der Waals surface area contributed by atoms with Crippen molar-refractivity contribution in [2.24, 2.45) is 0 Å². The molecule has 0 heterocycles. The highest BCUT2D eigenvalue weighted by molar-refractivity contribution is 7.91. The molecular formula is C9H11ClO3S. The molecule has 5 heteroatoms. The molecule has 3 nitrogen and oxygen atoms in total. The second-order valence-electron chi connectivity index (χ2n) is 2.69. The molecule has 0 bridgehead atoms. The molecule has 1 aromatic carbocycles. The van der Waals surface area contributed by atoms with Gasteiger partial charge in [-0.15, -0.1) is 11.6 Å². The summed E-state index contributed by atoms with van der Waals surface area (Å²) in [6.45, 7) is 0. The highest BCUT2D eigenvalue weighted by Crippen LogP contribution is 2.18. The molecule has 0 N–H and O–H groups in total. The Hall–Kier alpha value is -0.740. The molecular weight excluding hydrogens is 224 g/mol. The molecule has 14 heavy (non-hydrogen) atoms. The number of methoxy groups -OCH3 is 1. The largest absolute Gasteiger partial charge is 0.497 e. The fraction of sp³-hybridized carbons (Fsp3) is 0.333. The van der Waals surface area contributed by atoms with Gasteiger partial charge >= 0.3 is 0 Å². The molecule has 0 aliphatic heterocycles. The van der Waals surface area contributed by atoms with Gasteiger partial charge in [0.05, 0.1) is 17.8 Å². The van der Waals surface area contributed by atoms with E-state index in [0.29, 0.717) is 5.75 Å². The van der Waals surface area contributed by atoms with Crippen molar-refractivity contribution in [3.05, 3.63) is 24.3 Å². The van der Waals surface area contributed by atoms with Gasteiger partial charge in [-0.05, 0) is 18.2 Å². The van der Waals surface area contributed by atoms with Gasteiger partial charge in [0.25, 0.3) is 0 Å². The van der Waals surface area contributed by atoms with Gasteiger partial charge in [-0.25, -0.2) is 8.42 Å². The number of sulfone groups is 1. The summed E-state index contributed by atoms with van der Waals surface area (Å²) in [4.78, 5) is 0.248. The number of alkyl halides is 1. The normalized spacial score (nSPS) is 11.3. The molecule has 0 amide bonds. The zero-order chi connectivity index (χ0) is 10.6. The summed E-state index contributed by atoms with van der Waals surface area (Å²) in [5.74, 6) is 0.571. The Morgan fingerprint density at radius 2 is 2.14 bits per heavy atom. The van der Waals surface area contributed by atoms with Gasteiger partial charge in [0, 0.05) is 5.88 Å². The van der Waals surface area contributed by atoms with Crippen LogP contribution in [0.15, 0.2) is 29.2 Å². The minimum Gasteiger partial charge on any atom is -0.497 e. The standard InChI is InChI=1S/C9H11ClO3S/c1-13-8-3-2-4-9(7-8)14(11,12)6-5-10/h2-4,7H,5-6H2,1H3. The number of hydrogen-bond acceptors (Lipinski definition) is 3. The summed E-state index contributed by atoms with van der Waals surface area (Å²) in [6, 6.07) is 6.35. The summed E-state index contributed by atoms with van der Waals surface area (Å²) in [5.41, 5.74) is 0. The second-order valence-corrected chi connectivity index (χ2v) is 5.17. The van der Waals surface area contributed by atoms with Crippen LogP contribution in [0.25, 0.3) is 0 Å². The van der Waals surface area contributed by atoms with E-state index < -0.39 is 9.84 Å². The second kappa shape index (κ2) is 4.66. The van der Waals surface area contributed by atoms with Crippen LogP contribution in [0.1, 0.15) is 0 Å². The molecule has 0 fully saturated rings. The van der Waals surface area contributed by atoms with E-state index in [0.717, 1.165) is 0 Å². The van der Waals surface area contributed by atoms with Gasteiger partial charge in [-0.1, -0.05) is 6.07 Å². The quantitative estimate of drug-likeness (QED) is 0.745. The van der Waals surface area contributed by atoms with E-state index in [4.69, 9.17) is 16.3 Å². The number of rotatable bonds is 4. The van der Waals surface area contributed by atoms with Crippen molar-refractivity contribution in [1.29, 1.82) is 0 Å². The predicted molar refractivity (Wildman–Crippen MR) is 55.8 cm³/mol. The number of ether oxygens (including phenoxy) is 1. The summed E-state index contributed by atoms with van der Waals surface area (Å²) < 4.78 is 28.1. The van der Waals surface area contributed by atoms with Crippen LogP contribution in [0.4, 0.5) is 0 Å². The maximum absolute atomic E-state index is 11.6. The number of benzene rings is 1. The van der Waals surface area contributed by atoms with Gasteiger partial charge in [-0.3, -0.25) is 0 Å². The third-order valence-electron chi connectivity index (χ3n) is 1.75. The van der Waals surface area contributed by atoms with Gasteiger partial charge in [0.15, 0.2) is 9.84 Å². The van der Waals surface area contributed by atoms with Gasteiger partial charge in [-0.2, -0.15) is 0 Å². The van der Waals surface area contributed by atoms with E-state index in [9.17, 15) is 8.42 Å². The Bertz CT molecular complexity index is 400. The molecule has 0 atom stereocenters. The molecule has 0 radical (unpaired) electrons. The first-order chi connectivity index (χ1) is 6.60. The third-order valence-corrected chi connectivity index (χ3v) is 3.87. The summed E-state index contributed by atoms with van der Waals surface area (Å²) >= 11 is 5.40. The SMILES string of the molecule is COc1cccc(S(=O)(=O)CCCl)c1. The van der Waals surface area contributed by atoms with Crippen molar-refractivity contribution in [1.82, 2.24) is 0 Å². The molecule has 78 valence electrons. The minimum atomic E-state index is -3.25. The van der Waals surface area contributed by atoms with Crippen LogP contribution in [0, 0.1) is 0 Å². The van der Waals surface area contributed by atoms with Crippen molar-refractivity contribution in [3.63, 3.8) is 0 Å². The van der Waals surface area contributed by atoms with E-state index in [-0.39, 0.29) is 16.5 Å². The lowest BCUT2D eigenvalue weighted by Crippen LogP contribution is -2.07. The molecule has 0 aliphatic carbocycles. The first-order valence-electron chi connectivity index (χ1n) is 4.03. The topological polar surface area (TPSA) is 43.4 Å². The first-order valence-corrected chi connectivity index (χ1v) is 6.21. The summed E-state index contributed by atoms with van der Waals surface area (Å²) in [7, 11) is -1.76. The van der Waals surface area contributed by atoms with Crippen molar-refractivity contribution in [3.8, 4) is 5.75 Å². The summed E-state index contributed by atoms with van der Waals surface area (Å²) in [5, 5.41) is 0. The molecule has 1 rings (SSSR count).